The lowest BCUT2D eigenvalue weighted by atomic mass is 10.1. The Hall–Kier alpha value is -0.240. The molecule has 1 saturated heterocycles. The number of rotatable bonds is 11. The lowest BCUT2D eigenvalue weighted by Gasteiger charge is -2.37. The summed E-state index contributed by atoms with van der Waals surface area (Å²) in [7, 11) is 0. The summed E-state index contributed by atoms with van der Waals surface area (Å²) in [6.07, 6.45) is 0. The van der Waals surface area contributed by atoms with Crippen LogP contribution in [-0.4, -0.2) is 77.7 Å². The first kappa shape index (κ1) is 24.0. The highest BCUT2D eigenvalue weighted by atomic mass is 32.1. The van der Waals surface area contributed by atoms with Crippen LogP contribution in [0.25, 0.3) is 0 Å². The first-order chi connectivity index (χ1) is 13.1. The van der Waals surface area contributed by atoms with Crippen LogP contribution in [0, 0.1) is 0 Å². The third-order valence-electron chi connectivity index (χ3n) is 4.96. The van der Waals surface area contributed by atoms with Gasteiger partial charge in [-0.2, -0.15) is 25.3 Å². The zero-order valence-corrected chi connectivity index (χ0v) is 19.9. The number of thiol groups is 2. The number of piperazine rings is 1. The summed E-state index contributed by atoms with van der Waals surface area (Å²) in [6, 6.07) is 11.2. The van der Waals surface area contributed by atoms with E-state index in [0.717, 1.165) is 58.9 Å². The van der Waals surface area contributed by atoms with Crippen LogP contribution in [0.15, 0.2) is 30.3 Å². The molecular weight excluding hydrogens is 384 g/mol. The van der Waals surface area contributed by atoms with Crippen LogP contribution in [-0.2, 0) is 6.54 Å². The smallest absolute Gasteiger partial charge is 0.0320 e. The Morgan fingerprint density at radius 2 is 1.46 bits per heavy atom. The highest BCUT2D eigenvalue weighted by Gasteiger charge is 2.22. The quantitative estimate of drug-likeness (QED) is 0.412. The molecule has 1 aliphatic rings. The molecule has 1 fully saturated rings. The summed E-state index contributed by atoms with van der Waals surface area (Å²) in [4.78, 5) is 5.16. The van der Waals surface area contributed by atoms with E-state index in [0.29, 0.717) is 6.04 Å². The van der Waals surface area contributed by atoms with Gasteiger partial charge in [0.1, 0.15) is 0 Å². The molecule has 1 aromatic rings. The lowest BCUT2D eigenvalue weighted by Crippen LogP contribution is -2.54. The minimum absolute atomic E-state index is 0.00452. The topological polar surface area (TPSA) is 30.5 Å². The van der Waals surface area contributed by atoms with Crippen LogP contribution in [0.2, 0.25) is 0 Å². The van der Waals surface area contributed by atoms with E-state index < -0.39 is 0 Å². The molecule has 0 amide bonds. The largest absolute Gasteiger partial charge is 0.314 e. The van der Waals surface area contributed by atoms with Gasteiger partial charge in [-0.05, 0) is 33.3 Å². The Kier molecular flexibility index (Phi) is 9.64. The van der Waals surface area contributed by atoms with E-state index in [1.807, 2.05) is 0 Å². The monoisotopic (exact) mass is 424 g/mol. The van der Waals surface area contributed by atoms with E-state index in [1.54, 1.807) is 0 Å². The molecule has 160 valence electrons. The SMILES string of the molecule is CC(C)(S)CNC[C@H](CN1CCN(Cc2ccccc2)CC1)NCC(C)(C)S. The number of nitrogens with zero attached hydrogens (tertiary/aromatic N) is 2. The summed E-state index contributed by atoms with van der Waals surface area (Å²) < 4.78 is 0.00583. The van der Waals surface area contributed by atoms with Crippen molar-refractivity contribution >= 4 is 25.3 Å². The predicted octanol–water partition coefficient (Wildman–Crippen LogP) is 2.77. The molecule has 0 saturated carbocycles. The number of hydrogen-bond acceptors (Lipinski definition) is 6. The van der Waals surface area contributed by atoms with Crippen LogP contribution in [0.1, 0.15) is 33.3 Å². The number of benzene rings is 1. The van der Waals surface area contributed by atoms with Crippen LogP contribution >= 0.6 is 25.3 Å². The second kappa shape index (κ2) is 11.2. The molecule has 0 spiro atoms. The van der Waals surface area contributed by atoms with Gasteiger partial charge in [-0.15, -0.1) is 0 Å². The number of nitrogens with one attached hydrogen (secondary N) is 2. The molecule has 2 rings (SSSR count). The maximum absolute atomic E-state index is 4.68. The van der Waals surface area contributed by atoms with Gasteiger partial charge in [0.05, 0.1) is 0 Å². The van der Waals surface area contributed by atoms with Gasteiger partial charge in [0.2, 0.25) is 0 Å². The molecule has 0 aromatic heterocycles. The molecule has 1 heterocycles. The van der Waals surface area contributed by atoms with Crippen LogP contribution in [0.5, 0.6) is 0 Å². The Morgan fingerprint density at radius 1 is 0.893 bits per heavy atom. The van der Waals surface area contributed by atoms with Gasteiger partial charge in [0.25, 0.3) is 0 Å². The van der Waals surface area contributed by atoms with Gasteiger partial charge in [-0.25, -0.2) is 0 Å². The highest BCUT2D eigenvalue weighted by molar-refractivity contribution is 7.82. The van der Waals surface area contributed by atoms with Crippen molar-refractivity contribution in [1.29, 1.82) is 0 Å². The molecule has 6 heteroatoms. The standard InChI is InChI=1S/C22H40N4S2/c1-21(2,27)17-23-14-20(24-18-22(3,4)28)16-26-12-10-25(11-13-26)15-19-8-6-5-7-9-19/h5-9,20,23-24,27-28H,10-18H2,1-4H3/t20-/m1/s1. The summed E-state index contributed by atoms with van der Waals surface area (Å²) in [6.45, 7) is 18.0. The van der Waals surface area contributed by atoms with Crippen molar-refractivity contribution in [1.82, 2.24) is 20.4 Å². The van der Waals surface area contributed by atoms with E-state index in [2.05, 4.69) is 104 Å². The van der Waals surface area contributed by atoms with Gasteiger partial charge in [-0.1, -0.05) is 30.3 Å². The molecule has 1 atom stereocenters. The molecule has 28 heavy (non-hydrogen) atoms. The molecule has 1 aromatic carbocycles. The average molecular weight is 425 g/mol. The average Bonchev–Trinajstić information content (AvgIpc) is 2.60. The summed E-state index contributed by atoms with van der Waals surface area (Å²) in [5.41, 5.74) is 1.41. The molecule has 1 aliphatic heterocycles. The predicted molar refractivity (Wildman–Crippen MR) is 129 cm³/mol. The van der Waals surface area contributed by atoms with Crippen LogP contribution in [0.3, 0.4) is 0 Å². The Labute approximate surface area is 183 Å². The number of hydrogen-bond donors (Lipinski definition) is 4. The van der Waals surface area contributed by atoms with Crippen molar-refractivity contribution in [3.63, 3.8) is 0 Å². The van der Waals surface area contributed by atoms with Crippen molar-refractivity contribution in [2.75, 3.05) is 52.4 Å². The second-order valence-electron chi connectivity index (χ2n) is 9.40. The van der Waals surface area contributed by atoms with Crippen LogP contribution in [0.4, 0.5) is 0 Å². The van der Waals surface area contributed by atoms with Crippen molar-refractivity contribution in [2.45, 2.75) is 49.8 Å². The summed E-state index contributed by atoms with van der Waals surface area (Å²) >= 11 is 9.30. The lowest BCUT2D eigenvalue weighted by molar-refractivity contribution is 0.117. The van der Waals surface area contributed by atoms with Gasteiger partial charge in [-0.3, -0.25) is 9.80 Å². The third-order valence-corrected chi connectivity index (χ3v) is 5.28. The maximum atomic E-state index is 4.68. The van der Waals surface area contributed by atoms with E-state index >= 15 is 0 Å². The molecule has 4 nitrogen and oxygen atoms in total. The highest BCUT2D eigenvalue weighted by Crippen LogP contribution is 2.12. The normalized spacial score (nSPS) is 18.4. The Bertz CT molecular complexity index is 546. The van der Waals surface area contributed by atoms with Gasteiger partial charge >= 0.3 is 0 Å². The molecule has 0 aliphatic carbocycles. The van der Waals surface area contributed by atoms with Crippen molar-refractivity contribution in [3.8, 4) is 0 Å². The van der Waals surface area contributed by atoms with E-state index in [1.165, 1.54) is 5.56 Å². The minimum atomic E-state index is -0.00452. The fraction of sp³-hybridized carbons (Fsp3) is 0.727. The van der Waals surface area contributed by atoms with E-state index in [-0.39, 0.29) is 9.49 Å². The zero-order chi connectivity index (χ0) is 20.6. The third kappa shape index (κ3) is 10.5. The van der Waals surface area contributed by atoms with Crippen LogP contribution < -0.4 is 10.6 Å². The summed E-state index contributed by atoms with van der Waals surface area (Å²) in [5, 5.41) is 7.32. The van der Waals surface area contributed by atoms with Crippen molar-refractivity contribution in [3.05, 3.63) is 35.9 Å². The van der Waals surface area contributed by atoms with Crippen molar-refractivity contribution < 1.29 is 0 Å². The fourth-order valence-electron chi connectivity index (χ4n) is 3.43. The Balaban J connectivity index is 1.78. The molecular formula is C22H40N4S2. The first-order valence-corrected chi connectivity index (χ1v) is 11.4. The second-order valence-corrected chi connectivity index (χ2v) is 11.8. The first-order valence-electron chi connectivity index (χ1n) is 10.5. The van der Waals surface area contributed by atoms with E-state index in [9.17, 15) is 0 Å². The Morgan fingerprint density at radius 3 is 2.04 bits per heavy atom. The fourth-order valence-corrected chi connectivity index (χ4v) is 3.63. The summed E-state index contributed by atoms with van der Waals surface area (Å²) in [5.74, 6) is 0. The van der Waals surface area contributed by atoms with Gasteiger partial charge in [0.15, 0.2) is 0 Å². The minimum Gasteiger partial charge on any atom is -0.314 e. The van der Waals surface area contributed by atoms with Crippen molar-refractivity contribution in [2.24, 2.45) is 0 Å². The zero-order valence-electron chi connectivity index (χ0n) is 18.1. The van der Waals surface area contributed by atoms with E-state index in [4.69, 9.17) is 0 Å². The molecule has 0 bridgehead atoms. The maximum Gasteiger partial charge on any atom is 0.0320 e. The molecule has 0 radical (unpaired) electrons. The van der Waals surface area contributed by atoms with Gasteiger partial charge < -0.3 is 10.6 Å². The van der Waals surface area contributed by atoms with Gasteiger partial charge in [0, 0.05) is 74.4 Å². The molecule has 0 unspecified atom stereocenters. The molecule has 2 N–H and O–H groups in total.